The Hall–Kier alpha value is -0.450. The molecule has 1 atom stereocenters. The van der Waals surface area contributed by atoms with Gasteiger partial charge in [-0.3, -0.25) is 0 Å². The highest BCUT2D eigenvalue weighted by atomic mass is 32.1. The van der Waals surface area contributed by atoms with E-state index < -0.39 is 0 Å². The van der Waals surface area contributed by atoms with Crippen molar-refractivity contribution in [3.8, 4) is 0 Å². The summed E-state index contributed by atoms with van der Waals surface area (Å²) in [4.78, 5) is 4.38. The van der Waals surface area contributed by atoms with Gasteiger partial charge in [0.2, 0.25) is 0 Å². The van der Waals surface area contributed by atoms with Crippen LogP contribution in [-0.2, 0) is 6.54 Å². The molecule has 0 bridgehead atoms. The molecule has 0 spiro atoms. The van der Waals surface area contributed by atoms with Gasteiger partial charge in [0.25, 0.3) is 0 Å². The van der Waals surface area contributed by atoms with E-state index >= 15 is 0 Å². The summed E-state index contributed by atoms with van der Waals surface area (Å²) in [6.45, 7) is 6.82. The summed E-state index contributed by atoms with van der Waals surface area (Å²) >= 11 is 1.70. The van der Waals surface area contributed by atoms with Gasteiger partial charge in [0.15, 0.2) is 0 Å². The van der Waals surface area contributed by atoms with E-state index in [1.165, 1.54) is 0 Å². The molecule has 0 radical (unpaired) electrons. The molecule has 1 rings (SSSR count). The van der Waals surface area contributed by atoms with E-state index in [1.807, 2.05) is 6.92 Å². The maximum absolute atomic E-state index is 5.61. The van der Waals surface area contributed by atoms with Crippen molar-refractivity contribution >= 4 is 11.3 Å². The van der Waals surface area contributed by atoms with Crippen molar-refractivity contribution in [2.45, 2.75) is 26.8 Å². The van der Waals surface area contributed by atoms with Crippen molar-refractivity contribution in [2.24, 2.45) is 11.7 Å². The van der Waals surface area contributed by atoms with Crippen LogP contribution in [0.5, 0.6) is 0 Å². The molecule has 0 aliphatic heterocycles. The summed E-state index contributed by atoms with van der Waals surface area (Å²) in [5, 5.41) is 6.62. The molecular formula is C10H19N3S. The maximum Gasteiger partial charge on any atom is 0.0897 e. The standard InChI is InChI=1S/C10H19N3S/c1-3-9(4-11)5-12-6-10-7-14-8(2)13-10/h7,9,12H,3-6,11H2,1-2H3. The van der Waals surface area contributed by atoms with E-state index in [1.54, 1.807) is 11.3 Å². The highest BCUT2D eigenvalue weighted by Gasteiger charge is 2.03. The Labute approximate surface area is 89.7 Å². The summed E-state index contributed by atoms with van der Waals surface area (Å²) < 4.78 is 0. The number of aromatic nitrogens is 1. The lowest BCUT2D eigenvalue weighted by Crippen LogP contribution is -2.27. The van der Waals surface area contributed by atoms with Crippen LogP contribution >= 0.6 is 11.3 Å². The van der Waals surface area contributed by atoms with Crippen molar-refractivity contribution in [3.05, 3.63) is 16.1 Å². The van der Waals surface area contributed by atoms with Crippen LogP contribution in [0.2, 0.25) is 0 Å². The maximum atomic E-state index is 5.61. The molecule has 3 N–H and O–H groups in total. The molecule has 4 heteroatoms. The van der Waals surface area contributed by atoms with Crippen molar-refractivity contribution in [1.82, 2.24) is 10.3 Å². The Morgan fingerprint density at radius 1 is 1.64 bits per heavy atom. The van der Waals surface area contributed by atoms with Crippen LogP contribution in [0, 0.1) is 12.8 Å². The highest BCUT2D eigenvalue weighted by molar-refractivity contribution is 7.09. The SMILES string of the molecule is CCC(CN)CNCc1csc(C)n1. The topological polar surface area (TPSA) is 50.9 Å². The first-order valence-electron chi connectivity index (χ1n) is 5.08. The third-order valence-electron chi connectivity index (χ3n) is 2.32. The zero-order valence-corrected chi connectivity index (χ0v) is 9.73. The van der Waals surface area contributed by atoms with Crippen molar-refractivity contribution in [1.29, 1.82) is 0 Å². The summed E-state index contributed by atoms with van der Waals surface area (Å²) in [5.41, 5.74) is 6.75. The molecule has 1 heterocycles. The smallest absolute Gasteiger partial charge is 0.0897 e. The monoisotopic (exact) mass is 213 g/mol. The highest BCUT2D eigenvalue weighted by Crippen LogP contribution is 2.07. The van der Waals surface area contributed by atoms with Crippen LogP contribution in [0.25, 0.3) is 0 Å². The van der Waals surface area contributed by atoms with Crippen LogP contribution in [-0.4, -0.2) is 18.1 Å². The number of thiazole rings is 1. The van der Waals surface area contributed by atoms with Crippen molar-refractivity contribution in [3.63, 3.8) is 0 Å². The molecule has 0 amide bonds. The minimum atomic E-state index is 0.592. The number of nitrogens with two attached hydrogens (primary N) is 1. The van der Waals surface area contributed by atoms with E-state index in [9.17, 15) is 0 Å². The number of hydrogen-bond donors (Lipinski definition) is 2. The molecule has 1 aromatic rings. The van der Waals surface area contributed by atoms with Gasteiger partial charge in [-0.05, 0) is 25.9 Å². The largest absolute Gasteiger partial charge is 0.330 e. The van der Waals surface area contributed by atoms with Gasteiger partial charge in [-0.15, -0.1) is 11.3 Å². The van der Waals surface area contributed by atoms with E-state index in [2.05, 4.69) is 22.6 Å². The molecule has 3 nitrogen and oxygen atoms in total. The van der Waals surface area contributed by atoms with Crippen LogP contribution < -0.4 is 11.1 Å². The lowest BCUT2D eigenvalue weighted by Gasteiger charge is -2.11. The van der Waals surface area contributed by atoms with E-state index in [0.29, 0.717) is 5.92 Å². The van der Waals surface area contributed by atoms with Crippen LogP contribution in [0.1, 0.15) is 24.0 Å². The van der Waals surface area contributed by atoms with Crippen molar-refractivity contribution in [2.75, 3.05) is 13.1 Å². The molecule has 0 aliphatic carbocycles. The van der Waals surface area contributed by atoms with Gasteiger partial charge in [-0.2, -0.15) is 0 Å². The fourth-order valence-electron chi connectivity index (χ4n) is 1.29. The first-order valence-corrected chi connectivity index (χ1v) is 5.96. The van der Waals surface area contributed by atoms with Crippen LogP contribution in [0.15, 0.2) is 5.38 Å². The second-order valence-corrected chi connectivity index (χ2v) is 4.56. The van der Waals surface area contributed by atoms with E-state index in [4.69, 9.17) is 5.73 Å². The predicted molar refractivity (Wildman–Crippen MR) is 61.4 cm³/mol. The molecule has 0 saturated heterocycles. The number of nitrogens with one attached hydrogen (secondary N) is 1. The number of nitrogens with zero attached hydrogens (tertiary/aromatic N) is 1. The number of rotatable bonds is 6. The van der Waals surface area contributed by atoms with Gasteiger partial charge < -0.3 is 11.1 Å². The second kappa shape index (κ2) is 6.11. The summed E-state index contributed by atoms with van der Waals surface area (Å²) in [5.74, 6) is 0.592. The molecule has 14 heavy (non-hydrogen) atoms. The molecule has 1 aromatic heterocycles. The van der Waals surface area contributed by atoms with E-state index in [0.717, 1.165) is 36.8 Å². The average Bonchev–Trinajstić information content (AvgIpc) is 2.59. The van der Waals surface area contributed by atoms with Gasteiger partial charge in [0.05, 0.1) is 10.7 Å². The first-order chi connectivity index (χ1) is 6.76. The fraction of sp³-hybridized carbons (Fsp3) is 0.700. The van der Waals surface area contributed by atoms with Gasteiger partial charge in [0.1, 0.15) is 0 Å². The Morgan fingerprint density at radius 3 is 2.93 bits per heavy atom. The van der Waals surface area contributed by atoms with Crippen LogP contribution in [0.3, 0.4) is 0 Å². The third-order valence-corrected chi connectivity index (χ3v) is 3.14. The quantitative estimate of drug-likeness (QED) is 0.753. The minimum absolute atomic E-state index is 0.592. The molecule has 0 saturated carbocycles. The Balaban J connectivity index is 2.21. The molecular weight excluding hydrogens is 194 g/mol. The van der Waals surface area contributed by atoms with Gasteiger partial charge in [0, 0.05) is 11.9 Å². The normalized spacial score (nSPS) is 13.1. The average molecular weight is 213 g/mol. The summed E-state index contributed by atoms with van der Waals surface area (Å²) in [6.07, 6.45) is 1.14. The summed E-state index contributed by atoms with van der Waals surface area (Å²) in [7, 11) is 0. The lowest BCUT2D eigenvalue weighted by molar-refractivity contribution is 0.470. The molecule has 80 valence electrons. The molecule has 0 fully saturated rings. The lowest BCUT2D eigenvalue weighted by atomic mass is 10.1. The van der Waals surface area contributed by atoms with E-state index in [-0.39, 0.29) is 0 Å². The molecule has 0 aromatic carbocycles. The van der Waals surface area contributed by atoms with Crippen molar-refractivity contribution < 1.29 is 0 Å². The first kappa shape index (κ1) is 11.6. The number of aryl methyl sites for hydroxylation is 1. The Kier molecular flexibility index (Phi) is 5.07. The fourth-order valence-corrected chi connectivity index (χ4v) is 1.90. The number of hydrogen-bond acceptors (Lipinski definition) is 4. The van der Waals surface area contributed by atoms with Gasteiger partial charge in [-0.25, -0.2) is 4.98 Å². The zero-order chi connectivity index (χ0) is 10.4. The second-order valence-electron chi connectivity index (χ2n) is 3.50. The molecule has 0 aliphatic rings. The minimum Gasteiger partial charge on any atom is -0.330 e. The Morgan fingerprint density at radius 2 is 2.43 bits per heavy atom. The third kappa shape index (κ3) is 3.74. The zero-order valence-electron chi connectivity index (χ0n) is 8.92. The predicted octanol–water partition coefficient (Wildman–Crippen LogP) is 1.53. The van der Waals surface area contributed by atoms with Gasteiger partial charge in [-0.1, -0.05) is 13.3 Å². The van der Waals surface area contributed by atoms with Gasteiger partial charge >= 0.3 is 0 Å². The van der Waals surface area contributed by atoms with Crippen LogP contribution in [0.4, 0.5) is 0 Å². The summed E-state index contributed by atoms with van der Waals surface area (Å²) in [6, 6.07) is 0. The Bertz CT molecular complexity index is 256. The molecule has 1 unspecified atom stereocenters.